The van der Waals surface area contributed by atoms with E-state index in [-0.39, 0.29) is 6.04 Å². The van der Waals surface area contributed by atoms with E-state index in [1.54, 1.807) is 32.4 Å². The average molecular weight is 556 g/mol. The summed E-state index contributed by atoms with van der Waals surface area (Å²) in [6.45, 7) is 1.89. The number of carbonyl (C=O) groups is 1. The Labute approximate surface area is 239 Å². The van der Waals surface area contributed by atoms with Gasteiger partial charge in [0.1, 0.15) is 6.61 Å². The Bertz CT molecular complexity index is 1540. The Morgan fingerprint density at radius 2 is 1.62 bits per heavy atom. The lowest BCUT2D eigenvalue weighted by Crippen LogP contribution is -2.39. The zero-order valence-electron chi connectivity index (χ0n) is 22.5. The number of carbonyl (C=O) groups excluding carboxylic acids is 1. The van der Waals surface area contributed by atoms with Crippen molar-refractivity contribution in [2.45, 2.75) is 32.0 Å². The molecule has 0 radical (unpaired) electrons. The SMILES string of the molecule is COc1cc2c(cc1OCc1ccccc1)C1Cc3c(Cl)cc(OC)c(OC(=O)c4ccccc4)c3CN1CC2. The van der Waals surface area contributed by atoms with Crippen molar-refractivity contribution in [3.8, 4) is 23.0 Å². The second-order valence-electron chi connectivity index (χ2n) is 10.0. The first-order valence-electron chi connectivity index (χ1n) is 13.3. The lowest BCUT2D eigenvalue weighted by Gasteiger charge is -2.42. The predicted octanol–water partition coefficient (Wildman–Crippen LogP) is 6.81. The second-order valence-corrected chi connectivity index (χ2v) is 10.4. The van der Waals surface area contributed by atoms with Crippen LogP contribution in [0.25, 0.3) is 0 Å². The quantitative estimate of drug-likeness (QED) is 0.184. The number of methoxy groups -OCH3 is 2. The molecular weight excluding hydrogens is 526 g/mol. The summed E-state index contributed by atoms with van der Waals surface area (Å²) in [6.07, 6.45) is 1.54. The highest BCUT2D eigenvalue weighted by Gasteiger charge is 2.37. The van der Waals surface area contributed by atoms with Gasteiger partial charge >= 0.3 is 5.97 Å². The van der Waals surface area contributed by atoms with Crippen molar-refractivity contribution in [2.75, 3.05) is 20.8 Å². The second kappa shape index (κ2) is 11.2. The molecule has 4 aromatic carbocycles. The number of ether oxygens (including phenoxy) is 4. The van der Waals surface area contributed by atoms with Crippen LogP contribution in [0.1, 0.15) is 44.2 Å². The molecule has 0 amide bonds. The molecule has 0 fully saturated rings. The Kier molecular flexibility index (Phi) is 7.37. The molecule has 1 unspecified atom stereocenters. The maximum atomic E-state index is 13.0. The largest absolute Gasteiger partial charge is 0.493 e. The predicted molar refractivity (Wildman–Crippen MR) is 154 cm³/mol. The van der Waals surface area contributed by atoms with E-state index in [1.807, 2.05) is 48.5 Å². The Morgan fingerprint density at radius 1 is 0.900 bits per heavy atom. The summed E-state index contributed by atoms with van der Waals surface area (Å²) >= 11 is 6.82. The van der Waals surface area contributed by atoms with Crippen molar-refractivity contribution >= 4 is 17.6 Å². The van der Waals surface area contributed by atoms with Crippen molar-refractivity contribution in [1.29, 1.82) is 0 Å². The van der Waals surface area contributed by atoms with Crippen LogP contribution >= 0.6 is 11.6 Å². The van der Waals surface area contributed by atoms with Crippen LogP contribution in [0.2, 0.25) is 5.02 Å². The molecule has 0 bridgehead atoms. The molecule has 0 saturated heterocycles. The maximum absolute atomic E-state index is 13.0. The summed E-state index contributed by atoms with van der Waals surface area (Å²) in [5, 5.41) is 0.604. The van der Waals surface area contributed by atoms with E-state index in [4.69, 9.17) is 30.5 Å². The summed E-state index contributed by atoms with van der Waals surface area (Å²) in [6, 6.07) is 25.1. The minimum atomic E-state index is -0.429. The van der Waals surface area contributed by atoms with Gasteiger partial charge in [0, 0.05) is 35.8 Å². The summed E-state index contributed by atoms with van der Waals surface area (Å²) in [5.74, 6) is 1.90. The third kappa shape index (κ3) is 5.01. The normalized spacial score (nSPS) is 15.8. The molecule has 2 heterocycles. The van der Waals surface area contributed by atoms with Gasteiger partial charge < -0.3 is 18.9 Å². The van der Waals surface area contributed by atoms with E-state index in [0.717, 1.165) is 41.2 Å². The van der Waals surface area contributed by atoms with Gasteiger partial charge in [0.15, 0.2) is 23.0 Å². The van der Waals surface area contributed by atoms with Crippen molar-refractivity contribution in [3.05, 3.63) is 117 Å². The van der Waals surface area contributed by atoms with Gasteiger partial charge in [0.05, 0.1) is 19.8 Å². The Morgan fingerprint density at radius 3 is 2.35 bits per heavy atom. The fourth-order valence-electron chi connectivity index (χ4n) is 5.67. The summed E-state index contributed by atoms with van der Waals surface area (Å²) < 4.78 is 23.5. The minimum absolute atomic E-state index is 0.102. The summed E-state index contributed by atoms with van der Waals surface area (Å²) in [4.78, 5) is 15.4. The zero-order chi connectivity index (χ0) is 27.6. The van der Waals surface area contributed by atoms with Crippen LogP contribution in [-0.2, 0) is 26.0 Å². The topological polar surface area (TPSA) is 57.2 Å². The molecule has 6 rings (SSSR count). The number of benzene rings is 4. The Balaban J connectivity index is 1.34. The van der Waals surface area contributed by atoms with Crippen LogP contribution in [0.3, 0.4) is 0 Å². The molecule has 2 aliphatic rings. The van der Waals surface area contributed by atoms with Gasteiger partial charge in [-0.25, -0.2) is 4.79 Å². The monoisotopic (exact) mass is 555 g/mol. The van der Waals surface area contributed by atoms with E-state index in [1.165, 1.54) is 11.1 Å². The third-order valence-corrected chi connectivity index (χ3v) is 8.06. The third-order valence-electron chi connectivity index (χ3n) is 7.72. The number of halogens is 1. The van der Waals surface area contributed by atoms with Gasteiger partial charge in [-0.05, 0) is 59.4 Å². The number of hydrogen-bond acceptors (Lipinski definition) is 6. The molecule has 6 nitrogen and oxygen atoms in total. The molecule has 0 aliphatic carbocycles. The maximum Gasteiger partial charge on any atom is 0.343 e. The van der Waals surface area contributed by atoms with Crippen molar-refractivity contribution in [3.63, 3.8) is 0 Å². The molecule has 40 heavy (non-hydrogen) atoms. The van der Waals surface area contributed by atoms with E-state index >= 15 is 0 Å². The number of esters is 1. The standard InChI is InChI=1S/C33H30ClNO5/c1-37-29-15-23-13-14-35-19-26-25(16-28(35)24(23)17-30(29)39-20-21-9-5-3-6-10-21)27(34)18-31(38-2)32(26)40-33(36)22-11-7-4-8-12-22/h3-12,15,17-18,28H,13-14,16,19-20H2,1-2H3. The number of hydrogen-bond donors (Lipinski definition) is 0. The van der Waals surface area contributed by atoms with Crippen LogP contribution in [0.5, 0.6) is 23.0 Å². The van der Waals surface area contributed by atoms with Crippen LogP contribution < -0.4 is 18.9 Å². The minimum Gasteiger partial charge on any atom is -0.493 e. The van der Waals surface area contributed by atoms with Crippen LogP contribution in [0.4, 0.5) is 0 Å². The summed E-state index contributed by atoms with van der Waals surface area (Å²) in [7, 11) is 3.24. The van der Waals surface area contributed by atoms with Gasteiger partial charge in [-0.3, -0.25) is 4.90 Å². The highest BCUT2D eigenvalue weighted by Crippen LogP contribution is 2.48. The smallest absolute Gasteiger partial charge is 0.343 e. The van der Waals surface area contributed by atoms with Crippen LogP contribution in [-0.4, -0.2) is 31.6 Å². The molecule has 0 aromatic heterocycles. The van der Waals surface area contributed by atoms with Crippen LogP contribution in [0, 0.1) is 0 Å². The van der Waals surface area contributed by atoms with Gasteiger partial charge in [0.2, 0.25) is 0 Å². The van der Waals surface area contributed by atoms with Crippen molar-refractivity contribution in [2.24, 2.45) is 0 Å². The van der Waals surface area contributed by atoms with Gasteiger partial charge in [-0.1, -0.05) is 60.1 Å². The van der Waals surface area contributed by atoms with Crippen LogP contribution in [0.15, 0.2) is 78.9 Å². The highest BCUT2D eigenvalue weighted by atomic mass is 35.5. The molecule has 7 heteroatoms. The fourth-order valence-corrected chi connectivity index (χ4v) is 5.96. The molecule has 4 aromatic rings. The molecule has 2 aliphatic heterocycles. The molecular formula is C33H30ClNO5. The van der Waals surface area contributed by atoms with Gasteiger partial charge in [-0.2, -0.15) is 0 Å². The summed E-state index contributed by atoms with van der Waals surface area (Å²) in [5.41, 5.74) is 5.88. The van der Waals surface area contributed by atoms with Crippen molar-refractivity contribution in [1.82, 2.24) is 4.90 Å². The first-order valence-corrected chi connectivity index (χ1v) is 13.7. The zero-order valence-corrected chi connectivity index (χ0v) is 23.2. The highest BCUT2D eigenvalue weighted by molar-refractivity contribution is 6.31. The van der Waals surface area contributed by atoms with Gasteiger partial charge in [-0.15, -0.1) is 0 Å². The fraction of sp³-hybridized carbons (Fsp3) is 0.242. The molecule has 204 valence electrons. The van der Waals surface area contributed by atoms with Gasteiger partial charge in [0.25, 0.3) is 0 Å². The molecule has 0 N–H and O–H groups in total. The van der Waals surface area contributed by atoms with E-state index < -0.39 is 5.97 Å². The molecule has 0 spiro atoms. The van der Waals surface area contributed by atoms with E-state index in [9.17, 15) is 4.79 Å². The Hall–Kier alpha value is -4.00. The number of rotatable bonds is 7. The molecule has 0 saturated carbocycles. The average Bonchev–Trinajstić information content (AvgIpc) is 3.00. The van der Waals surface area contributed by atoms with E-state index in [0.29, 0.717) is 41.7 Å². The lowest BCUT2D eigenvalue weighted by molar-refractivity contribution is 0.0722. The number of nitrogens with zero attached hydrogens (tertiary/aromatic N) is 1. The number of fused-ring (bicyclic) bond motifs is 4. The first-order chi connectivity index (χ1) is 19.6. The lowest BCUT2D eigenvalue weighted by atomic mass is 9.83. The van der Waals surface area contributed by atoms with Crippen molar-refractivity contribution < 1.29 is 23.7 Å². The molecule has 1 atom stereocenters. The first kappa shape index (κ1) is 26.2. The van der Waals surface area contributed by atoms with E-state index in [2.05, 4.69) is 17.0 Å².